The van der Waals surface area contributed by atoms with Crippen LogP contribution < -0.4 is 15.0 Å². The fourth-order valence-electron chi connectivity index (χ4n) is 2.43. The molecule has 0 saturated heterocycles. The van der Waals surface area contributed by atoms with E-state index in [0.29, 0.717) is 23.8 Å². The molecule has 0 spiro atoms. The molecule has 3 aromatic rings. The van der Waals surface area contributed by atoms with Gasteiger partial charge in [0.05, 0.1) is 6.61 Å². The van der Waals surface area contributed by atoms with E-state index in [1.54, 1.807) is 18.2 Å². The highest BCUT2D eigenvalue weighted by atomic mass is 16.5. The molecule has 132 valence electrons. The quantitative estimate of drug-likeness (QED) is 0.732. The summed E-state index contributed by atoms with van der Waals surface area (Å²) in [4.78, 5) is 22.7. The molecule has 1 heterocycles. The van der Waals surface area contributed by atoms with E-state index in [0.717, 1.165) is 11.4 Å². The summed E-state index contributed by atoms with van der Waals surface area (Å²) in [6.45, 7) is 2.53. The van der Waals surface area contributed by atoms with Gasteiger partial charge in [-0.25, -0.2) is 9.97 Å². The van der Waals surface area contributed by atoms with Gasteiger partial charge in [-0.05, 0) is 43.3 Å². The van der Waals surface area contributed by atoms with E-state index in [9.17, 15) is 4.79 Å². The van der Waals surface area contributed by atoms with Crippen LogP contribution in [0.4, 0.5) is 17.2 Å². The van der Waals surface area contributed by atoms with Crippen LogP contribution in [0, 0.1) is 0 Å². The van der Waals surface area contributed by atoms with Gasteiger partial charge < -0.3 is 15.0 Å². The third-order valence-electron chi connectivity index (χ3n) is 3.80. The van der Waals surface area contributed by atoms with Crippen LogP contribution >= 0.6 is 0 Å². The van der Waals surface area contributed by atoms with Crippen molar-refractivity contribution in [2.24, 2.45) is 0 Å². The molecule has 6 heteroatoms. The molecule has 2 aromatic carbocycles. The molecule has 0 aliphatic rings. The van der Waals surface area contributed by atoms with E-state index in [1.807, 2.05) is 61.3 Å². The number of rotatable bonds is 6. The minimum atomic E-state index is -0.292. The predicted molar refractivity (Wildman–Crippen MR) is 102 cm³/mol. The molecule has 0 unspecified atom stereocenters. The van der Waals surface area contributed by atoms with Crippen LogP contribution in [-0.2, 0) is 0 Å². The van der Waals surface area contributed by atoms with Crippen molar-refractivity contribution < 1.29 is 9.53 Å². The van der Waals surface area contributed by atoms with Crippen molar-refractivity contribution in [3.8, 4) is 5.75 Å². The molecule has 0 radical (unpaired) electrons. The van der Waals surface area contributed by atoms with Crippen molar-refractivity contribution in [1.29, 1.82) is 0 Å². The highest BCUT2D eigenvalue weighted by molar-refractivity contribution is 6.03. The summed E-state index contributed by atoms with van der Waals surface area (Å²) < 4.78 is 5.40. The number of carbonyl (C=O) groups is 1. The second kappa shape index (κ2) is 8.11. The van der Waals surface area contributed by atoms with Gasteiger partial charge in [0.15, 0.2) is 0 Å². The molecule has 0 fully saturated rings. The number of hydrogen-bond acceptors (Lipinski definition) is 5. The maximum atomic E-state index is 12.5. The number of ether oxygens (including phenoxy) is 1. The van der Waals surface area contributed by atoms with Crippen molar-refractivity contribution >= 4 is 23.1 Å². The van der Waals surface area contributed by atoms with Gasteiger partial charge in [0.1, 0.15) is 23.6 Å². The SMILES string of the molecule is CCOc1ccc(NC(=O)c2cc(N(C)c3ccccc3)ncn2)cc1. The second-order valence-electron chi connectivity index (χ2n) is 5.57. The highest BCUT2D eigenvalue weighted by Crippen LogP contribution is 2.21. The second-order valence-corrected chi connectivity index (χ2v) is 5.57. The first-order valence-corrected chi connectivity index (χ1v) is 8.32. The van der Waals surface area contributed by atoms with E-state index < -0.39 is 0 Å². The van der Waals surface area contributed by atoms with Gasteiger partial charge in [-0.2, -0.15) is 0 Å². The molecule has 1 N–H and O–H groups in total. The first kappa shape index (κ1) is 17.4. The summed E-state index contributed by atoms with van der Waals surface area (Å²) >= 11 is 0. The Labute approximate surface area is 152 Å². The number of para-hydroxylation sites is 1. The maximum absolute atomic E-state index is 12.5. The lowest BCUT2D eigenvalue weighted by Crippen LogP contribution is -2.17. The standard InChI is InChI=1S/C20H20N4O2/c1-3-26-17-11-9-15(10-12-17)23-20(25)18-13-19(22-14-21-18)24(2)16-7-5-4-6-8-16/h4-14H,3H2,1-2H3,(H,23,25). The lowest BCUT2D eigenvalue weighted by Gasteiger charge is -2.18. The van der Waals surface area contributed by atoms with Crippen molar-refractivity contribution in [2.75, 3.05) is 23.9 Å². The Morgan fingerprint density at radius 3 is 2.50 bits per heavy atom. The molecule has 1 aromatic heterocycles. The predicted octanol–water partition coefficient (Wildman–Crippen LogP) is 3.90. The fraction of sp³-hybridized carbons (Fsp3) is 0.150. The Morgan fingerprint density at radius 1 is 1.08 bits per heavy atom. The van der Waals surface area contributed by atoms with Gasteiger partial charge in [0, 0.05) is 24.5 Å². The van der Waals surface area contributed by atoms with Crippen LogP contribution in [0.3, 0.4) is 0 Å². The number of anilines is 3. The largest absolute Gasteiger partial charge is 0.494 e. The molecule has 1 amide bonds. The average molecular weight is 348 g/mol. The molecule has 0 atom stereocenters. The summed E-state index contributed by atoms with van der Waals surface area (Å²) in [5.74, 6) is 1.11. The lowest BCUT2D eigenvalue weighted by molar-refractivity contribution is 0.102. The van der Waals surface area contributed by atoms with Crippen LogP contribution in [0.15, 0.2) is 67.0 Å². The van der Waals surface area contributed by atoms with Gasteiger partial charge in [0.2, 0.25) is 0 Å². The average Bonchev–Trinajstić information content (AvgIpc) is 2.70. The van der Waals surface area contributed by atoms with E-state index in [2.05, 4.69) is 15.3 Å². The maximum Gasteiger partial charge on any atom is 0.274 e. The number of nitrogens with one attached hydrogen (secondary N) is 1. The zero-order valence-corrected chi connectivity index (χ0v) is 14.7. The topological polar surface area (TPSA) is 67.3 Å². The monoisotopic (exact) mass is 348 g/mol. The van der Waals surface area contributed by atoms with Crippen LogP contribution in [0.25, 0.3) is 0 Å². The smallest absolute Gasteiger partial charge is 0.274 e. The first-order valence-electron chi connectivity index (χ1n) is 8.32. The number of nitrogens with zero attached hydrogens (tertiary/aromatic N) is 3. The number of aromatic nitrogens is 2. The molecule has 26 heavy (non-hydrogen) atoms. The van der Waals surface area contributed by atoms with Gasteiger partial charge in [-0.1, -0.05) is 18.2 Å². The number of carbonyl (C=O) groups excluding carboxylic acids is 1. The van der Waals surface area contributed by atoms with E-state index in [1.165, 1.54) is 6.33 Å². The van der Waals surface area contributed by atoms with Gasteiger partial charge in [-0.15, -0.1) is 0 Å². The van der Waals surface area contributed by atoms with E-state index in [-0.39, 0.29) is 5.91 Å². The van der Waals surface area contributed by atoms with Crippen molar-refractivity contribution in [3.05, 3.63) is 72.7 Å². The van der Waals surface area contributed by atoms with E-state index >= 15 is 0 Å². The van der Waals surface area contributed by atoms with Crippen LogP contribution in [0.1, 0.15) is 17.4 Å². The molecule has 0 aliphatic carbocycles. The number of amides is 1. The Kier molecular flexibility index (Phi) is 5.43. The molecule has 6 nitrogen and oxygen atoms in total. The summed E-state index contributed by atoms with van der Waals surface area (Å²) in [5.41, 5.74) is 1.95. The summed E-state index contributed by atoms with van der Waals surface area (Å²) in [5, 5.41) is 2.83. The molecular formula is C20H20N4O2. The van der Waals surface area contributed by atoms with Crippen molar-refractivity contribution in [3.63, 3.8) is 0 Å². The number of hydrogen-bond donors (Lipinski definition) is 1. The Balaban J connectivity index is 1.74. The van der Waals surface area contributed by atoms with Gasteiger partial charge >= 0.3 is 0 Å². The highest BCUT2D eigenvalue weighted by Gasteiger charge is 2.12. The van der Waals surface area contributed by atoms with Crippen molar-refractivity contribution in [1.82, 2.24) is 9.97 Å². The third kappa shape index (κ3) is 4.16. The Hall–Kier alpha value is -3.41. The molecular weight excluding hydrogens is 328 g/mol. The van der Waals surface area contributed by atoms with E-state index in [4.69, 9.17) is 4.74 Å². The van der Waals surface area contributed by atoms with Crippen molar-refractivity contribution in [2.45, 2.75) is 6.92 Å². The summed E-state index contributed by atoms with van der Waals surface area (Å²) in [7, 11) is 1.89. The molecule has 0 bridgehead atoms. The Bertz CT molecular complexity index is 866. The zero-order chi connectivity index (χ0) is 18.4. The molecule has 0 saturated carbocycles. The molecule has 3 rings (SSSR count). The van der Waals surface area contributed by atoms with Crippen LogP contribution in [-0.4, -0.2) is 29.5 Å². The van der Waals surface area contributed by atoms with Gasteiger partial charge in [-0.3, -0.25) is 4.79 Å². The minimum Gasteiger partial charge on any atom is -0.494 e. The minimum absolute atomic E-state index is 0.292. The first-order chi connectivity index (χ1) is 12.7. The zero-order valence-electron chi connectivity index (χ0n) is 14.7. The van der Waals surface area contributed by atoms with Gasteiger partial charge in [0.25, 0.3) is 5.91 Å². The summed E-state index contributed by atoms with van der Waals surface area (Å²) in [6.07, 6.45) is 1.39. The Morgan fingerprint density at radius 2 is 1.81 bits per heavy atom. The number of benzene rings is 2. The fourth-order valence-corrected chi connectivity index (χ4v) is 2.43. The molecule has 0 aliphatic heterocycles. The van der Waals surface area contributed by atoms with Crippen LogP contribution in [0.5, 0.6) is 5.75 Å². The lowest BCUT2D eigenvalue weighted by atomic mass is 10.2. The normalized spacial score (nSPS) is 10.2. The summed E-state index contributed by atoms with van der Waals surface area (Å²) in [6, 6.07) is 18.7. The van der Waals surface area contributed by atoms with Crippen LogP contribution in [0.2, 0.25) is 0 Å². The third-order valence-corrected chi connectivity index (χ3v) is 3.80.